The highest BCUT2D eigenvalue weighted by Crippen LogP contribution is 2.37. The van der Waals surface area contributed by atoms with Crippen molar-refractivity contribution in [2.45, 2.75) is 13.5 Å². The molecule has 1 amide bonds. The van der Waals surface area contributed by atoms with Crippen molar-refractivity contribution in [1.29, 1.82) is 0 Å². The molecule has 0 spiro atoms. The fraction of sp³-hybridized carbons (Fsp3) is 0.0833. The van der Waals surface area contributed by atoms with E-state index in [1.54, 1.807) is 18.3 Å². The number of amides is 1. The number of rotatable bonds is 11. The van der Waals surface area contributed by atoms with E-state index in [1.165, 1.54) is 16.7 Å². The Balaban J connectivity index is 1.07. The van der Waals surface area contributed by atoms with E-state index >= 15 is 0 Å². The molecule has 0 unspecified atom stereocenters. The molecule has 6 rings (SSSR count). The molecule has 0 bridgehead atoms. The normalized spacial score (nSPS) is 11.1. The second-order valence-electron chi connectivity index (χ2n) is 10.2. The van der Waals surface area contributed by atoms with Crippen molar-refractivity contribution < 1.29 is 14.3 Å². The molecular weight excluding hydrogens is 684 g/mol. The number of hydrazone groups is 1. The number of aromatic nitrogens is 1. The molecule has 0 aliphatic carbocycles. The number of fused-ring (bicyclic) bond motifs is 1. The van der Waals surface area contributed by atoms with Crippen LogP contribution < -0.4 is 20.2 Å². The summed E-state index contributed by atoms with van der Waals surface area (Å²) < 4.78 is 12.8. The molecule has 230 valence electrons. The largest absolute Gasteiger partial charge is 0.490 e. The van der Waals surface area contributed by atoms with Gasteiger partial charge in [0, 0.05) is 27.2 Å². The van der Waals surface area contributed by atoms with Gasteiger partial charge in [-0.2, -0.15) is 5.10 Å². The van der Waals surface area contributed by atoms with Gasteiger partial charge in [-0.05, 0) is 99.4 Å². The van der Waals surface area contributed by atoms with E-state index in [9.17, 15) is 4.79 Å². The lowest BCUT2D eigenvalue weighted by Gasteiger charge is -2.15. The second-order valence-corrected chi connectivity index (χ2v) is 12.3. The molecule has 7 nitrogen and oxygen atoms in total. The monoisotopic (exact) mass is 710 g/mol. The quantitative estimate of drug-likeness (QED) is 0.103. The first-order valence-electron chi connectivity index (χ1n) is 14.4. The number of thiazole rings is 1. The minimum Gasteiger partial charge on any atom is -0.490 e. The third-order valence-electron chi connectivity index (χ3n) is 6.95. The summed E-state index contributed by atoms with van der Waals surface area (Å²) >= 11 is 11.1. The van der Waals surface area contributed by atoms with Gasteiger partial charge in [-0.15, -0.1) is 11.3 Å². The number of benzene rings is 5. The molecule has 0 saturated carbocycles. The fourth-order valence-electron chi connectivity index (χ4n) is 4.69. The molecule has 1 aromatic heterocycles. The Kier molecular flexibility index (Phi) is 9.93. The number of anilines is 2. The van der Waals surface area contributed by atoms with E-state index in [2.05, 4.69) is 67.1 Å². The molecule has 1 heterocycles. The summed E-state index contributed by atoms with van der Waals surface area (Å²) in [6, 6.07) is 32.9. The number of hydrogen-bond donors (Lipinski definition) is 2. The van der Waals surface area contributed by atoms with Crippen LogP contribution in [0.4, 0.5) is 10.8 Å². The summed E-state index contributed by atoms with van der Waals surface area (Å²) in [6.45, 7) is 2.77. The zero-order chi connectivity index (χ0) is 31.9. The highest BCUT2D eigenvalue weighted by molar-refractivity contribution is 9.10. The van der Waals surface area contributed by atoms with Crippen LogP contribution in [-0.2, 0) is 6.61 Å². The molecule has 0 saturated heterocycles. The molecule has 46 heavy (non-hydrogen) atoms. The number of nitrogens with zero attached hydrogens (tertiary/aromatic N) is 2. The molecule has 2 N–H and O–H groups in total. The smallest absolute Gasteiger partial charge is 0.271 e. The maximum absolute atomic E-state index is 12.8. The van der Waals surface area contributed by atoms with Crippen molar-refractivity contribution in [3.05, 3.63) is 135 Å². The van der Waals surface area contributed by atoms with E-state index in [4.69, 9.17) is 21.1 Å². The minimum atomic E-state index is -0.328. The van der Waals surface area contributed by atoms with Crippen LogP contribution in [0.2, 0.25) is 5.02 Å². The molecule has 0 aliphatic heterocycles. The summed E-state index contributed by atoms with van der Waals surface area (Å²) in [5, 5.41) is 13.2. The predicted molar refractivity (Wildman–Crippen MR) is 191 cm³/mol. The van der Waals surface area contributed by atoms with Crippen molar-refractivity contribution in [3.8, 4) is 22.8 Å². The Morgan fingerprint density at radius 1 is 0.957 bits per heavy atom. The zero-order valence-electron chi connectivity index (χ0n) is 24.7. The Morgan fingerprint density at radius 2 is 1.74 bits per heavy atom. The van der Waals surface area contributed by atoms with Gasteiger partial charge in [0.15, 0.2) is 16.6 Å². The Hall–Kier alpha value is -4.70. The van der Waals surface area contributed by atoms with Gasteiger partial charge in [-0.3, -0.25) is 4.79 Å². The minimum absolute atomic E-state index is 0.328. The van der Waals surface area contributed by atoms with Gasteiger partial charge in [0.2, 0.25) is 0 Å². The maximum atomic E-state index is 12.8. The number of nitrogens with one attached hydrogen (secondary N) is 2. The molecule has 0 atom stereocenters. The van der Waals surface area contributed by atoms with Crippen LogP contribution in [-0.4, -0.2) is 23.7 Å². The van der Waals surface area contributed by atoms with Gasteiger partial charge in [0.25, 0.3) is 5.91 Å². The van der Waals surface area contributed by atoms with Crippen LogP contribution >= 0.6 is 38.9 Å². The first kappa shape index (κ1) is 31.3. The van der Waals surface area contributed by atoms with Crippen LogP contribution in [0.1, 0.15) is 28.4 Å². The Morgan fingerprint density at radius 3 is 2.52 bits per heavy atom. The summed E-state index contributed by atoms with van der Waals surface area (Å²) in [5.41, 5.74) is 7.47. The van der Waals surface area contributed by atoms with Crippen molar-refractivity contribution in [1.82, 2.24) is 10.4 Å². The van der Waals surface area contributed by atoms with E-state index in [0.29, 0.717) is 35.3 Å². The number of carbonyl (C=O) groups is 1. The summed E-state index contributed by atoms with van der Waals surface area (Å²) in [5.74, 6) is 0.851. The van der Waals surface area contributed by atoms with Gasteiger partial charge in [-0.25, -0.2) is 10.4 Å². The van der Waals surface area contributed by atoms with Crippen LogP contribution in [0.15, 0.2) is 118 Å². The van der Waals surface area contributed by atoms with Crippen molar-refractivity contribution in [3.63, 3.8) is 0 Å². The van der Waals surface area contributed by atoms with Crippen LogP contribution in [0.3, 0.4) is 0 Å². The molecule has 10 heteroatoms. The number of carbonyl (C=O) groups excluding carboxylic acids is 1. The SMILES string of the molecule is CCOc1cc(/C=N\NC(=O)c2ccc(-c3csc(Nc4ccc(Cl)cc4)n3)cc2)cc(Br)c1OCc1ccc2ccccc2c1. The van der Waals surface area contributed by atoms with Gasteiger partial charge in [0.1, 0.15) is 6.61 Å². The third kappa shape index (κ3) is 7.74. The lowest BCUT2D eigenvalue weighted by atomic mass is 10.1. The standard InChI is InChI=1S/C36H28BrClN4O3S/c1-2-44-33-19-24(18-31(37)34(33)45-21-23-7-8-25-5-3-4-6-28(25)17-23)20-39-42-35(43)27-11-9-26(10-12-27)32-22-46-36(41-32)40-30-15-13-29(38)14-16-30/h3-20,22H,2,21H2,1H3,(H,40,41)(H,42,43)/b39-20-. The topological polar surface area (TPSA) is 84.8 Å². The molecule has 5 aromatic carbocycles. The number of hydrogen-bond acceptors (Lipinski definition) is 7. The van der Waals surface area contributed by atoms with Crippen molar-refractivity contribution in [2.75, 3.05) is 11.9 Å². The maximum Gasteiger partial charge on any atom is 0.271 e. The summed E-state index contributed by atoms with van der Waals surface area (Å²) in [7, 11) is 0. The molecule has 0 aliphatic rings. The Labute approximate surface area is 284 Å². The van der Waals surface area contributed by atoms with Crippen molar-refractivity contribution >= 4 is 72.6 Å². The van der Waals surface area contributed by atoms with E-state index in [-0.39, 0.29) is 5.91 Å². The highest BCUT2D eigenvalue weighted by Gasteiger charge is 2.13. The Bertz CT molecular complexity index is 2010. The van der Waals surface area contributed by atoms with Crippen molar-refractivity contribution in [2.24, 2.45) is 5.10 Å². The number of halogens is 2. The average molecular weight is 712 g/mol. The molecule has 6 aromatic rings. The first-order valence-corrected chi connectivity index (χ1v) is 16.5. The second kappa shape index (κ2) is 14.6. The average Bonchev–Trinajstić information content (AvgIpc) is 3.54. The van der Waals surface area contributed by atoms with Gasteiger partial charge in [-0.1, -0.05) is 60.1 Å². The fourth-order valence-corrected chi connectivity index (χ4v) is 6.13. The number of ether oxygens (including phenoxy) is 2. The third-order valence-corrected chi connectivity index (χ3v) is 8.55. The van der Waals surface area contributed by atoms with E-state index < -0.39 is 0 Å². The molecule has 0 fully saturated rings. The molecular formula is C36H28BrClN4O3S. The van der Waals surface area contributed by atoms with Gasteiger partial charge in [0.05, 0.1) is 23.0 Å². The van der Waals surface area contributed by atoms with Crippen LogP contribution in [0.5, 0.6) is 11.5 Å². The highest BCUT2D eigenvalue weighted by atomic mass is 79.9. The lowest BCUT2D eigenvalue weighted by Crippen LogP contribution is -2.17. The summed E-state index contributed by atoms with van der Waals surface area (Å²) in [6.07, 6.45) is 1.57. The van der Waals surface area contributed by atoms with Crippen LogP contribution in [0.25, 0.3) is 22.0 Å². The zero-order valence-corrected chi connectivity index (χ0v) is 27.8. The van der Waals surface area contributed by atoms with E-state index in [1.807, 2.05) is 73.0 Å². The lowest BCUT2D eigenvalue weighted by molar-refractivity contribution is 0.0955. The molecule has 0 radical (unpaired) electrons. The van der Waals surface area contributed by atoms with Gasteiger partial charge < -0.3 is 14.8 Å². The predicted octanol–water partition coefficient (Wildman–Crippen LogP) is 9.86. The first-order chi connectivity index (χ1) is 22.4. The van der Waals surface area contributed by atoms with E-state index in [0.717, 1.165) is 43.1 Å². The summed E-state index contributed by atoms with van der Waals surface area (Å²) in [4.78, 5) is 17.4. The van der Waals surface area contributed by atoms with Gasteiger partial charge >= 0.3 is 0 Å². The van der Waals surface area contributed by atoms with Crippen LogP contribution in [0, 0.1) is 0 Å².